The molecule has 0 aliphatic rings. The molecule has 0 aliphatic carbocycles. The van der Waals surface area contributed by atoms with Crippen molar-refractivity contribution in [3.05, 3.63) is 63.1 Å². The number of benzene rings is 2. The van der Waals surface area contributed by atoms with E-state index in [1.54, 1.807) is 19.1 Å². The van der Waals surface area contributed by atoms with Crippen molar-refractivity contribution in [2.24, 2.45) is 5.73 Å². The summed E-state index contributed by atoms with van der Waals surface area (Å²) in [5.74, 6) is -1.62. The van der Waals surface area contributed by atoms with Gasteiger partial charge in [-0.05, 0) is 37.3 Å². The number of carbonyl (C=O) groups is 1. The number of halogens is 3. The first-order valence-corrected chi connectivity index (χ1v) is 6.95. The number of carbonyl (C=O) groups excluding carboxylic acids is 1. The van der Waals surface area contributed by atoms with E-state index in [0.717, 1.165) is 10.5 Å². The zero-order chi connectivity index (χ0) is 15.6. The molecule has 2 rings (SSSR count). The first-order chi connectivity index (χ1) is 9.88. The second-order valence-electron chi connectivity index (χ2n) is 4.58. The van der Waals surface area contributed by atoms with Crippen LogP contribution in [0.4, 0.5) is 14.5 Å². The molecule has 0 heterocycles. The van der Waals surface area contributed by atoms with Crippen LogP contribution in [0.25, 0.3) is 0 Å². The summed E-state index contributed by atoms with van der Waals surface area (Å²) in [5.41, 5.74) is 6.39. The van der Waals surface area contributed by atoms with Crippen molar-refractivity contribution in [1.29, 1.82) is 0 Å². The Morgan fingerprint density at radius 2 is 1.95 bits per heavy atom. The van der Waals surface area contributed by atoms with Crippen molar-refractivity contribution in [2.45, 2.75) is 13.5 Å². The van der Waals surface area contributed by atoms with E-state index in [1.165, 1.54) is 12.1 Å². The summed E-state index contributed by atoms with van der Waals surface area (Å²) in [6.07, 6.45) is 0. The monoisotopic (exact) mass is 354 g/mol. The molecule has 0 saturated heterocycles. The van der Waals surface area contributed by atoms with Crippen LogP contribution in [0, 0.1) is 18.6 Å². The Kier molecular flexibility index (Phi) is 4.57. The van der Waals surface area contributed by atoms with Crippen LogP contribution in [0.2, 0.25) is 0 Å². The minimum Gasteiger partial charge on any atom is -0.381 e. The third-order valence-electron chi connectivity index (χ3n) is 3.11. The molecule has 0 aliphatic heterocycles. The molecule has 3 N–H and O–H groups in total. The number of nitrogens with one attached hydrogen (secondary N) is 1. The number of hydrogen-bond acceptors (Lipinski definition) is 2. The fourth-order valence-corrected chi connectivity index (χ4v) is 2.28. The molecule has 110 valence electrons. The molecule has 0 saturated carbocycles. The number of rotatable bonds is 4. The van der Waals surface area contributed by atoms with Crippen LogP contribution in [0.3, 0.4) is 0 Å². The smallest absolute Gasteiger partial charge is 0.248 e. The lowest BCUT2D eigenvalue weighted by atomic mass is 10.1. The number of nitrogens with two attached hydrogens (primary N) is 1. The highest BCUT2D eigenvalue weighted by molar-refractivity contribution is 9.10. The maximum Gasteiger partial charge on any atom is 0.248 e. The van der Waals surface area contributed by atoms with E-state index in [9.17, 15) is 13.6 Å². The summed E-state index contributed by atoms with van der Waals surface area (Å²) >= 11 is 3.26. The van der Waals surface area contributed by atoms with Gasteiger partial charge in [-0.25, -0.2) is 8.78 Å². The highest BCUT2D eigenvalue weighted by Crippen LogP contribution is 2.22. The van der Waals surface area contributed by atoms with E-state index in [-0.39, 0.29) is 17.9 Å². The van der Waals surface area contributed by atoms with Crippen LogP contribution < -0.4 is 11.1 Å². The minimum absolute atomic E-state index is 0.0651. The largest absolute Gasteiger partial charge is 0.381 e. The Labute approximate surface area is 129 Å². The topological polar surface area (TPSA) is 55.1 Å². The highest BCUT2D eigenvalue weighted by Gasteiger charge is 2.11. The molecule has 0 unspecified atom stereocenters. The van der Waals surface area contributed by atoms with Crippen LogP contribution in [0.15, 0.2) is 34.8 Å². The molecule has 21 heavy (non-hydrogen) atoms. The van der Waals surface area contributed by atoms with Gasteiger partial charge in [-0.3, -0.25) is 4.79 Å². The average molecular weight is 355 g/mol. The molecule has 0 spiro atoms. The third-order valence-corrected chi connectivity index (χ3v) is 3.60. The Balaban J connectivity index is 2.27. The van der Waals surface area contributed by atoms with Crippen molar-refractivity contribution < 1.29 is 13.6 Å². The van der Waals surface area contributed by atoms with Crippen molar-refractivity contribution in [3.8, 4) is 0 Å². The molecule has 0 aromatic heterocycles. The van der Waals surface area contributed by atoms with Gasteiger partial charge in [0.1, 0.15) is 11.6 Å². The molecule has 2 aromatic carbocycles. The normalized spacial score (nSPS) is 10.5. The van der Waals surface area contributed by atoms with E-state index >= 15 is 0 Å². The molecule has 3 nitrogen and oxygen atoms in total. The van der Waals surface area contributed by atoms with Crippen LogP contribution in [-0.2, 0) is 6.54 Å². The van der Waals surface area contributed by atoms with Gasteiger partial charge in [0.2, 0.25) is 5.91 Å². The van der Waals surface area contributed by atoms with Gasteiger partial charge in [0.05, 0.1) is 0 Å². The summed E-state index contributed by atoms with van der Waals surface area (Å²) in [7, 11) is 0. The van der Waals surface area contributed by atoms with Gasteiger partial charge in [0.15, 0.2) is 0 Å². The summed E-state index contributed by atoms with van der Waals surface area (Å²) < 4.78 is 28.1. The summed E-state index contributed by atoms with van der Waals surface area (Å²) in [6.45, 7) is 1.73. The van der Waals surface area contributed by atoms with Crippen molar-refractivity contribution >= 4 is 27.5 Å². The highest BCUT2D eigenvalue weighted by atomic mass is 79.9. The Morgan fingerprint density at radius 3 is 2.62 bits per heavy atom. The molecule has 1 amide bonds. The number of amides is 1. The van der Waals surface area contributed by atoms with Crippen LogP contribution in [0.5, 0.6) is 0 Å². The average Bonchev–Trinajstić information content (AvgIpc) is 2.43. The minimum atomic E-state index is -0.717. The summed E-state index contributed by atoms with van der Waals surface area (Å²) in [4.78, 5) is 11.2. The Bertz CT molecular complexity index is 704. The van der Waals surface area contributed by atoms with Crippen molar-refractivity contribution in [3.63, 3.8) is 0 Å². The Morgan fingerprint density at radius 1 is 1.24 bits per heavy atom. The standard InChI is InChI=1S/C15H13BrF2N2O/c1-8-13(18)5-9(15(19)21)6-14(8)20-7-10-4-11(16)2-3-12(10)17/h2-6,20H,7H2,1H3,(H2,19,21). The van der Waals surface area contributed by atoms with Crippen molar-refractivity contribution in [1.82, 2.24) is 0 Å². The van der Waals surface area contributed by atoms with Gasteiger partial charge in [-0.1, -0.05) is 15.9 Å². The predicted molar refractivity (Wildman–Crippen MR) is 81.1 cm³/mol. The first kappa shape index (κ1) is 15.4. The predicted octanol–water partition coefficient (Wildman–Crippen LogP) is 3.75. The lowest BCUT2D eigenvalue weighted by Gasteiger charge is -2.12. The van der Waals surface area contributed by atoms with Crippen molar-refractivity contribution in [2.75, 3.05) is 5.32 Å². The second kappa shape index (κ2) is 6.22. The van der Waals surface area contributed by atoms with Crippen LogP contribution >= 0.6 is 15.9 Å². The molecule has 2 aromatic rings. The van der Waals surface area contributed by atoms with Gasteiger partial charge >= 0.3 is 0 Å². The van der Waals surface area contributed by atoms with Gasteiger partial charge in [-0.15, -0.1) is 0 Å². The van der Waals surface area contributed by atoms with E-state index in [1.807, 2.05) is 0 Å². The maximum absolute atomic E-state index is 13.7. The fourth-order valence-electron chi connectivity index (χ4n) is 1.87. The maximum atomic E-state index is 13.7. The zero-order valence-corrected chi connectivity index (χ0v) is 12.8. The van der Waals surface area contributed by atoms with E-state index in [0.29, 0.717) is 16.8 Å². The number of anilines is 1. The first-order valence-electron chi connectivity index (χ1n) is 6.16. The van der Waals surface area contributed by atoms with E-state index in [4.69, 9.17) is 5.73 Å². The zero-order valence-electron chi connectivity index (χ0n) is 11.2. The molecule has 0 bridgehead atoms. The molecule has 0 fully saturated rings. The lowest BCUT2D eigenvalue weighted by molar-refractivity contribution is 0.1000. The van der Waals surface area contributed by atoms with Gasteiger partial charge in [0.25, 0.3) is 0 Å². The molecular formula is C15H13BrF2N2O. The second-order valence-corrected chi connectivity index (χ2v) is 5.50. The Hall–Kier alpha value is -1.95. The van der Waals surface area contributed by atoms with Gasteiger partial charge in [0, 0.05) is 33.4 Å². The quantitative estimate of drug-likeness (QED) is 0.878. The SMILES string of the molecule is Cc1c(F)cc(C(N)=O)cc1NCc1cc(Br)ccc1F. The van der Waals surface area contributed by atoms with Gasteiger partial charge < -0.3 is 11.1 Å². The van der Waals surface area contributed by atoms with E-state index < -0.39 is 11.7 Å². The molecular weight excluding hydrogens is 342 g/mol. The summed E-state index contributed by atoms with van der Waals surface area (Å²) in [6, 6.07) is 7.11. The molecule has 6 heteroatoms. The fraction of sp³-hybridized carbons (Fsp3) is 0.133. The number of primary amides is 1. The van der Waals surface area contributed by atoms with E-state index in [2.05, 4.69) is 21.2 Å². The summed E-state index contributed by atoms with van der Waals surface area (Å²) in [5, 5.41) is 2.92. The molecule has 0 radical (unpaired) electrons. The third kappa shape index (κ3) is 3.58. The van der Waals surface area contributed by atoms with Crippen LogP contribution in [0.1, 0.15) is 21.5 Å². The van der Waals surface area contributed by atoms with Crippen LogP contribution in [-0.4, -0.2) is 5.91 Å². The lowest BCUT2D eigenvalue weighted by Crippen LogP contribution is -2.13. The number of hydrogen-bond donors (Lipinski definition) is 2. The van der Waals surface area contributed by atoms with Gasteiger partial charge in [-0.2, -0.15) is 0 Å². The molecule has 0 atom stereocenters.